The van der Waals surface area contributed by atoms with E-state index in [4.69, 9.17) is 9.47 Å². The summed E-state index contributed by atoms with van der Waals surface area (Å²) in [5.41, 5.74) is 0. The van der Waals surface area contributed by atoms with Crippen LogP contribution in [0.1, 0.15) is 251 Å². The number of unbranched alkanes of at least 4 members (excludes halogenated alkanes) is 34. The number of hydrogen-bond donors (Lipinski definition) is 6. The fraction of sp³-hybridized carbons (Fsp3) is 0.941. The number of ether oxygens (including phenoxy) is 2. The first kappa shape index (κ1) is 56.9. The van der Waals surface area contributed by atoms with E-state index in [-0.39, 0.29) is 12.5 Å². The number of aliphatic hydroxyl groups is 5. The minimum atomic E-state index is -1.56. The van der Waals surface area contributed by atoms with E-state index < -0.39 is 49.5 Å². The zero-order chi connectivity index (χ0) is 43.7. The summed E-state index contributed by atoms with van der Waals surface area (Å²) in [4.78, 5) is 12.9. The predicted molar refractivity (Wildman–Crippen MR) is 249 cm³/mol. The van der Waals surface area contributed by atoms with Gasteiger partial charge in [-0.2, -0.15) is 0 Å². The molecule has 60 heavy (non-hydrogen) atoms. The van der Waals surface area contributed by atoms with Crippen molar-refractivity contribution >= 4 is 5.91 Å². The highest BCUT2D eigenvalue weighted by atomic mass is 16.7. The Morgan fingerprint density at radius 2 is 0.917 bits per heavy atom. The van der Waals surface area contributed by atoms with Gasteiger partial charge in [-0.05, 0) is 19.3 Å². The highest BCUT2D eigenvalue weighted by Gasteiger charge is 2.44. The fourth-order valence-electron chi connectivity index (χ4n) is 8.45. The molecule has 1 aliphatic heterocycles. The molecule has 1 fully saturated rings. The van der Waals surface area contributed by atoms with Gasteiger partial charge in [-0.1, -0.05) is 238 Å². The van der Waals surface area contributed by atoms with Gasteiger partial charge in [0, 0.05) is 6.42 Å². The lowest BCUT2D eigenvalue weighted by molar-refractivity contribution is -0.302. The average molecular weight is 854 g/mol. The van der Waals surface area contributed by atoms with Crippen molar-refractivity contribution in [3.63, 3.8) is 0 Å². The molecule has 0 radical (unpaired) electrons. The van der Waals surface area contributed by atoms with Crippen molar-refractivity contribution in [1.29, 1.82) is 0 Å². The minimum Gasteiger partial charge on any atom is -0.394 e. The van der Waals surface area contributed by atoms with Crippen molar-refractivity contribution in [3.05, 3.63) is 12.2 Å². The van der Waals surface area contributed by atoms with Crippen LogP contribution in [0.4, 0.5) is 0 Å². The summed E-state index contributed by atoms with van der Waals surface area (Å²) in [5.74, 6) is -0.174. The third kappa shape index (κ3) is 31.7. The zero-order valence-electron chi connectivity index (χ0n) is 39.2. The Morgan fingerprint density at radius 1 is 0.550 bits per heavy atom. The first-order valence-corrected chi connectivity index (χ1v) is 25.9. The largest absolute Gasteiger partial charge is 0.394 e. The Morgan fingerprint density at radius 3 is 1.30 bits per heavy atom. The summed E-state index contributed by atoms with van der Waals surface area (Å²) < 4.78 is 11.2. The molecular weight excluding hydrogens is 755 g/mol. The van der Waals surface area contributed by atoms with E-state index in [1.54, 1.807) is 6.08 Å². The molecule has 0 aromatic rings. The molecule has 7 unspecified atom stereocenters. The van der Waals surface area contributed by atoms with Gasteiger partial charge in [-0.3, -0.25) is 4.79 Å². The highest BCUT2D eigenvalue weighted by molar-refractivity contribution is 5.76. The Bertz CT molecular complexity index is 950. The Labute approximate surface area is 369 Å². The van der Waals surface area contributed by atoms with Gasteiger partial charge in [0.2, 0.25) is 5.91 Å². The summed E-state index contributed by atoms with van der Waals surface area (Å²) in [5, 5.41) is 54.1. The maximum absolute atomic E-state index is 12.9. The van der Waals surface area contributed by atoms with Gasteiger partial charge in [0.05, 0.1) is 25.4 Å². The van der Waals surface area contributed by atoms with Crippen LogP contribution >= 0.6 is 0 Å². The number of carbonyl (C=O) groups is 1. The van der Waals surface area contributed by atoms with Gasteiger partial charge in [0.15, 0.2) is 6.29 Å². The molecule has 1 saturated heterocycles. The second-order valence-electron chi connectivity index (χ2n) is 18.3. The van der Waals surface area contributed by atoms with Crippen LogP contribution in [0.2, 0.25) is 0 Å². The number of amides is 1. The van der Waals surface area contributed by atoms with Crippen molar-refractivity contribution in [3.8, 4) is 0 Å². The van der Waals surface area contributed by atoms with Gasteiger partial charge in [0.25, 0.3) is 0 Å². The molecule has 9 nitrogen and oxygen atoms in total. The number of hydrogen-bond acceptors (Lipinski definition) is 8. The molecule has 356 valence electrons. The first-order chi connectivity index (χ1) is 29.3. The molecule has 0 bridgehead atoms. The van der Waals surface area contributed by atoms with E-state index in [2.05, 4.69) is 19.2 Å². The standard InChI is InChI=1S/C51H99NO8/c1-3-5-7-9-11-13-14-15-16-17-18-19-20-21-22-23-24-25-26-27-28-29-30-31-33-35-37-39-41-47(55)52-44(45(54)40-38-36-34-32-12-10-8-6-4-2)43-59-51-50(58)49(57)48(56)46(42-53)60-51/h38,40,44-46,48-51,53-54,56-58H,3-37,39,41-43H2,1-2H3,(H,52,55)/b40-38+. The van der Waals surface area contributed by atoms with E-state index in [9.17, 15) is 30.3 Å². The van der Waals surface area contributed by atoms with Gasteiger partial charge in [0.1, 0.15) is 24.4 Å². The van der Waals surface area contributed by atoms with Crippen LogP contribution in [0.25, 0.3) is 0 Å². The number of carbonyl (C=O) groups excluding carboxylic acids is 1. The van der Waals surface area contributed by atoms with E-state index in [0.717, 1.165) is 38.5 Å². The van der Waals surface area contributed by atoms with Crippen molar-refractivity contribution in [2.45, 2.75) is 294 Å². The Hall–Kier alpha value is -1.07. The van der Waals surface area contributed by atoms with Gasteiger partial charge in [-0.25, -0.2) is 0 Å². The Balaban J connectivity index is 2.11. The molecule has 1 amide bonds. The Kier molecular flexibility index (Phi) is 39.8. The summed E-state index contributed by atoms with van der Waals surface area (Å²) in [6.07, 6.45) is 43.0. The first-order valence-electron chi connectivity index (χ1n) is 25.9. The molecule has 1 aliphatic rings. The van der Waals surface area contributed by atoms with Gasteiger partial charge in [-0.15, -0.1) is 0 Å². The summed E-state index contributed by atoms with van der Waals surface area (Å²) in [6.45, 7) is 3.76. The lowest BCUT2D eigenvalue weighted by atomic mass is 9.99. The van der Waals surface area contributed by atoms with Gasteiger partial charge >= 0.3 is 0 Å². The lowest BCUT2D eigenvalue weighted by Gasteiger charge is -2.40. The molecule has 0 aromatic heterocycles. The van der Waals surface area contributed by atoms with Crippen molar-refractivity contribution in [2.75, 3.05) is 13.2 Å². The van der Waals surface area contributed by atoms with E-state index in [1.807, 2.05) is 6.08 Å². The maximum atomic E-state index is 12.9. The van der Waals surface area contributed by atoms with E-state index >= 15 is 0 Å². The van der Waals surface area contributed by atoms with Crippen LogP contribution in [0.3, 0.4) is 0 Å². The molecule has 9 heteroatoms. The zero-order valence-corrected chi connectivity index (χ0v) is 39.2. The second kappa shape index (κ2) is 41.9. The molecule has 0 aliphatic carbocycles. The van der Waals surface area contributed by atoms with E-state index in [0.29, 0.717) is 6.42 Å². The molecule has 7 atom stereocenters. The van der Waals surface area contributed by atoms with Crippen molar-refractivity contribution < 1.29 is 39.8 Å². The van der Waals surface area contributed by atoms with Crippen molar-refractivity contribution in [2.24, 2.45) is 0 Å². The van der Waals surface area contributed by atoms with Crippen LogP contribution in [0, 0.1) is 0 Å². The number of nitrogens with one attached hydrogen (secondary N) is 1. The monoisotopic (exact) mass is 854 g/mol. The smallest absolute Gasteiger partial charge is 0.220 e. The van der Waals surface area contributed by atoms with Crippen LogP contribution in [-0.2, 0) is 14.3 Å². The quantitative estimate of drug-likeness (QED) is 0.0262. The van der Waals surface area contributed by atoms with E-state index in [1.165, 1.54) is 193 Å². The summed E-state index contributed by atoms with van der Waals surface area (Å²) >= 11 is 0. The second-order valence-corrected chi connectivity index (χ2v) is 18.3. The molecule has 1 heterocycles. The van der Waals surface area contributed by atoms with Crippen LogP contribution in [0.15, 0.2) is 12.2 Å². The average Bonchev–Trinajstić information content (AvgIpc) is 3.25. The highest BCUT2D eigenvalue weighted by Crippen LogP contribution is 2.23. The molecule has 0 saturated carbocycles. The normalized spacial score (nSPS) is 20.6. The molecular formula is C51H99NO8. The lowest BCUT2D eigenvalue weighted by Crippen LogP contribution is -2.60. The van der Waals surface area contributed by atoms with Crippen LogP contribution in [0.5, 0.6) is 0 Å². The molecule has 0 aromatic carbocycles. The van der Waals surface area contributed by atoms with Crippen molar-refractivity contribution in [1.82, 2.24) is 5.32 Å². The fourth-order valence-corrected chi connectivity index (χ4v) is 8.45. The SMILES string of the molecule is CCCCCCCCC/C=C/C(O)C(COC1OC(CO)C(O)C(O)C1O)NC(=O)CCCCCCCCCCCCCCCCCCCCCCCCCCCCCC. The third-order valence-electron chi connectivity index (χ3n) is 12.6. The number of rotatable bonds is 44. The van der Waals surface area contributed by atoms with Crippen LogP contribution in [-0.4, -0.2) is 87.5 Å². The molecule has 1 rings (SSSR count). The number of allylic oxidation sites excluding steroid dienone is 1. The summed E-state index contributed by atoms with van der Waals surface area (Å²) in [7, 11) is 0. The van der Waals surface area contributed by atoms with Gasteiger partial charge < -0.3 is 40.3 Å². The summed E-state index contributed by atoms with van der Waals surface area (Å²) in [6, 6.07) is -0.797. The third-order valence-corrected chi connectivity index (χ3v) is 12.6. The maximum Gasteiger partial charge on any atom is 0.220 e. The van der Waals surface area contributed by atoms with Crippen LogP contribution < -0.4 is 5.32 Å². The minimum absolute atomic E-state index is 0.174. The number of aliphatic hydroxyl groups excluding tert-OH is 5. The topological polar surface area (TPSA) is 149 Å². The molecule has 6 N–H and O–H groups in total. The predicted octanol–water partition coefficient (Wildman–Crippen LogP) is 11.7. The molecule has 0 spiro atoms.